The quantitative estimate of drug-likeness (QED) is 0.790. The van der Waals surface area contributed by atoms with E-state index in [1.54, 1.807) is 24.1 Å². The fourth-order valence-electron chi connectivity index (χ4n) is 1.81. The molecule has 5 nitrogen and oxygen atoms in total. The molecule has 6 heteroatoms. The lowest BCUT2D eigenvalue weighted by molar-refractivity contribution is -0.123. The first-order valence-electron chi connectivity index (χ1n) is 5.13. The van der Waals surface area contributed by atoms with Crippen molar-refractivity contribution in [3.63, 3.8) is 0 Å². The molecule has 1 amide bonds. The summed E-state index contributed by atoms with van der Waals surface area (Å²) in [4.78, 5) is 15.0. The van der Waals surface area contributed by atoms with Gasteiger partial charge in [-0.2, -0.15) is 5.10 Å². The molecule has 1 aliphatic heterocycles. The number of carbonyl (C=O) groups excluding carboxylic acids is 1. The Labute approximate surface area is 98.5 Å². The molecule has 2 rings (SSSR count). The van der Waals surface area contributed by atoms with E-state index in [4.69, 9.17) is 11.6 Å². The number of hydrogen-bond acceptors (Lipinski definition) is 3. The summed E-state index contributed by atoms with van der Waals surface area (Å²) in [6.07, 6.45) is 3.67. The van der Waals surface area contributed by atoms with Gasteiger partial charge in [-0.1, -0.05) is 0 Å². The fourth-order valence-corrected chi connectivity index (χ4v) is 2.10. The van der Waals surface area contributed by atoms with Crippen LogP contribution in [0.2, 0.25) is 0 Å². The summed E-state index contributed by atoms with van der Waals surface area (Å²) >= 11 is 6.37. The Morgan fingerprint density at radius 2 is 2.50 bits per heavy atom. The van der Waals surface area contributed by atoms with Crippen LogP contribution in [0.15, 0.2) is 11.2 Å². The number of aromatic nitrogens is 2. The van der Waals surface area contributed by atoms with E-state index in [9.17, 15) is 4.79 Å². The number of aryl methyl sites for hydroxylation is 1. The van der Waals surface area contributed by atoms with E-state index >= 15 is 0 Å². The number of hydrogen-bond donors (Lipinski definition) is 1. The molecule has 0 radical (unpaired) electrons. The van der Waals surface area contributed by atoms with Gasteiger partial charge in [0.15, 0.2) is 10.7 Å². The summed E-state index contributed by atoms with van der Waals surface area (Å²) in [7, 11) is 1.57. The molecule has 16 heavy (non-hydrogen) atoms. The molecule has 86 valence electrons. The first-order valence-corrected chi connectivity index (χ1v) is 5.51. The molecule has 0 fully saturated rings. The van der Waals surface area contributed by atoms with E-state index in [2.05, 4.69) is 15.4 Å². The molecule has 1 unspecified atom stereocenters. The van der Waals surface area contributed by atoms with Gasteiger partial charge in [0.05, 0.1) is 6.20 Å². The molecular weight excluding hydrogens is 228 g/mol. The highest BCUT2D eigenvalue weighted by Gasteiger charge is 2.42. The van der Waals surface area contributed by atoms with Crippen molar-refractivity contribution in [2.24, 2.45) is 4.99 Å². The van der Waals surface area contributed by atoms with Gasteiger partial charge in [0, 0.05) is 31.8 Å². The van der Waals surface area contributed by atoms with Crippen molar-refractivity contribution in [3.8, 4) is 0 Å². The zero-order valence-corrected chi connectivity index (χ0v) is 9.95. The normalized spacial score (nSPS) is 22.9. The van der Waals surface area contributed by atoms with Crippen LogP contribution in [-0.4, -0.2) is 28.9 Å². The van der Waals surface area contributed by atoms with E-state index in [0.29, 0.717) is 24.3 Å². The highest BCUT2D eigenvalue weighted by molar-refractivity contribution is 6.36. The minimum Gasteiger partial charge on any atom is -0.357 e. The molecule has 0 bridgehead atoms. The number of carbonyl (C=O) groups is 1. The highest BCUT2D eigenvalue weighted by atomic mass is 35.5. The lowest BCUT2D eigenvalue weighted by Gasteiger charge is -2.25. The fraction of sp³-hybridized carbons (Fsp3) is 0.500. The number of alkyl halides is 1. The van der Waals surface area contributed by atoms with Crippen molar-refractivity contribution in [2.45, 2.75) is 24.8 Å². The molecule has 0 aliphatic carbocycles. The molecule has 1 aromatic rings. The van der Waals surface area contributed by atoms with Gasteiger partial charge < -0.3 is 5.32 Å². The second-order valence-corrected chi connectivity index (χ2v) is 4.24. The molecule has 0 spiro atoms. The number of nitrogens with zero attached hydrogens (tertiary/aromatic N) is 3. The molecule has 0 saturated heterocycles. The van der Waals surface area contributed by atoms with Crippen LogP contribution in [0.3, 0.4) is 0 Å². The van der Waals surface area contributed by atoms with E-state index in [1.807, 2.05) is 6.92 Å². The Hall–Kier alpha value is -1.36. The zero-order valence-electron chi connectivity index (χ0n) is 9.20. The second kappa shape index (κ2) is 3.90. The maximum Gasteiger partial charge on any atom is 0.246 e. The average molecular weight is 241 g/mol. The number of aliphatic imine (C=N–C) groups is 1. The first kappa shape index (κ1) is 11.1. The number of rotatable bonds is 2. The van der Waals surface area contributed by atoms with Crippen LogP contribution in [0.25, 0.3) is 0 Å². The van der Waals surface area contributed by atoms with E-state index in [0.717, 1.165) is 0 Å². The Morgan fingerprint density at radius 3 is 3.12 bits per heavy atom. The van der Waals surface area contributed by atoms with Crippen molar-refractivity contribution >= 4 is 29.5 Å². The average Bonchev–Trinajstić information content (AvgIpc) is 2.72. The van der Waals surface area contributed by atoms with E-state index in [-0.39, 0.29) is 5.91 Å². The van der Waals surface area contributed by atoms with Gasteiger partial charge in [-0.15, -0.1) is 11.6 Å². The molecule has 0 saturated carbocycles. The summed E-state index contributed by atoms with van der Waals surface area (Å²) in [6, 6.07) is 0. The van der Waals surface area contributed by atoms with Crippen LogP contribution in [-0.2, 0) is 16.2 Å². The summed E-state index contributed by atoms with van der Waals surface area (Å²) < 4.78 is 1.73. The van der Waals surface area contributed by atoms with E-state index < -0.39 is 4.87 Å². The van der Waals surface area contributed by atoms with Gasteiger partial charge in [0.2, 0.25) is 5.91 Å². The van der Waals surface area contributed by atoms with Crippen LogP contribution in [0.4, 0.5) is 5.82 Å². The van der Waals surface area contributed by atoms with Crippen LogP contribution < -0.4 is 5.32 Å². The van der Waals surface area contributed by atoms with Gasteiger partial charge in [-0.25, -0.2) is 9.67 Å². The van der Waals surface area contributed by atoms with Crippen LogP contribution in [0, 0.1) is 0 Å². The predicted octanol–water partition coefficient (Wildman–Crippen LogP) is 1.19. The maximum atomic E-state index is 11.8. The molecule has 1 aromatic heterocycles. The highest BCUT2D eigenvalue weighted by Crippen LogP contribution is 2.41. The Morgan fingerprint density at radius 1 is 1.75 bits per heavy atom. The predicted molar refractivity (Wildman–Crippen MR) is 62.3 cm³/mol. The summed E-state index contributed by atoms with van der Waals surface area (Å²) in [5.74, 6) is 0.449. The smallest absolute Gasteiger partial charge is 0.246 e. The van der Waals surface area contributed by atoms with Gasteiger partial charge in [0.1, 0.15) is 0 Å². The van der Waals surface area contributed by atoms with Crippen LogP contribution >= 0.6 is 11.6 Å². The van der Waals surface area contributed by atoms with Crippen molar-refractivity contribution in [3.05, 3.63) is 11.8 Å². The molecule has 1 atom stereocenters. The Bertz CT molecular complexity index is 454. The molecule has 0 aromatic carbocycles. The minimum absolute atomic E-state index is 0.225. The summed E-state index contributed by atoms with van der Waals surface area (Å²) in [5, 5.41) is 6.74. The van der Waals surface area contributed by atoms with Gasteiger partial charge in [0.25, 0.3) is 0 Å². The standard InChI is InChI=1S/C10H13ClN4O/c1-3-15-8-7(6-14-15)10(11,4-5-13-8)9(16)12-2/h5-6H,3-4H2,1-2H3,(H,12,16). The largest absolute Gasteiger partial charge is 0.357 e. The van der Waals surface area contributed by atoms with Crippen molar-refractivity contribution in [2.75, 3.05) is 7.05 Å². The van der Waals surface area contributed by atoms with Crippen molar-refractivity contribution in [1.29, 1.82) is 0 Å². The maximum absolute atomic E-state index is 11.8. The number of nitrogens with one attached hydrogen (secondary N) is 1. The third-order valence-corrected chi connectivity index (χ3v) is 3.24. The number of amides is 1. The van der Waals surface area contributed by atoms with Crippen LogP contribution in [0.5, 0.6) is 0 Å². The monoisotopic (exact) mass is 240 g/mol. The lowest BCUT2D eigenvalue weighted by Crippen LogP contribution is -2.39. The second-order valence-electron chi connectivity index (χ2n) is 3.59. The molecule has 1 N–H and O–H groups in total. The zero-order chi connectivity index (χ0) is 11.8. The SMILES string of the molecule is CCn1ncc2c1N=CCC2(Cl)C(=O)NC. The molecule has 2 heterocycles. The molecule has 1 aliphatic rings. The Balaban J connectivity index is 2.52. The third kappa shape index (κ3) is 1.43. The van der Waals surface area contributed by atoms with E-state index in [1.165, 1.54) is 0 Å². The van der Waals surface area contributed by atoms with Gasteiger partial charge in [-0.05, 0) is 6.92 Å². The van der Waals surface area contributed by atoms with Crippen LogP contribution in [0.1, 0.15) is 18.9 Å². The van der Waals surface area contributed by atoms with Gasteiger partial charge in [-0.3, -0.25) is 4.79 Å². The topological polar surface area (TPSA) is 59.3 Å². The third-order valence-electron chi connectivity index (χ3n) is 2.71. The lowest BCUT2D eigenvalue weighted by atomic mass is 9.94. The van der Waals surface area contributed by atoms with Gasteiger partial charge >= 0.3 is 0 Å². The van der Waals surface area contributed by atoms with Crippen molar-refractivity contribution < 1.29 is 4.79 Å². The molecular formula is C10H13ClN4O. The van der Waals surface area contributed by atoms with Crippen molar-refractivity contribution in [1.82, 2.24) is 15.1 Å². The number of halogens is 1. The first-order chi connectivity index (χ1) is 7.63. The minimum atomic E-state index is -1.07. The number of fused-ring (bicyclic) bond motifs is 1. The summed E-state index contributed by atoms with van der Waals surface area (Å²) in [5.41, 5.74) is 0.679. The Kier molecular flexibility index (Phi) is 2.71. The number of likely N-dealkylation sites (N-methyl/N-ethyl adjacent to an activating group) is 1. The summed E-state index contributed by atoms with van der Waals surface area (Å²) in [6.45, 7) is 2.67.